The van der Waals surface area contributed by atoms with Crippen LogP contribution in [0.4, 0.5) is 0 Å². The van der Waals surface area contributed by atoms with Gasteiger partial charge in [-0.1, -0.05) is 0 Å². The summed E-state index contributed by atoms with van der Waals surface area (Å²) in [7, 11) is 3.20. The second-order valence-corrected chi connectivity index (χ2v) is 4.57. The van der Waals surface area contributed by atoms with Gasteiger partial charge in [-0.25, -0.2) is 0 Å². The maximum Gasteiger partial charge on any atom is 0.136 e. The number of hydrogen-bond donors (Lipinski definition) is 1. The first kappa shape index (κ1) is 10.8. The van der Waals surface area contributed by atoms with Gasteiger partial charge in [0.15, 0.2) is 0 Å². The van der Waals surface area contributed by atoms with E-state index in [0.29, 0.717) is 11.5 Å². The molecule has 0 heterocycles. The van der Waals surface area contributed by atoms with Gasteiger partial charge in [0, 0.05) is 11.6 Å². The van der Waals surface area contributed by atoms with Crippen molar-refractivity contribution >= 4 is 15.9 Å². The van der Waals surface area contributed by atoms with Crippen LogP contribution in [0.1, 0.15) is 18.4 Å². The first-order valence-corrected chi connectivity index (χ1v) is 5.54. The summed E-state index contributed by atoms with van der Waals surface area (Å²) in [4.78, 5) is 0. The molecule has 0 aliphatic heterocycles. The molecule has 82 valence electrons. The standard InChI is InChI=1S/C11H13BrO3/c1-14-9-6-10(15-2)8(12)5-7(9)11(13)3-4-11/h5-6,13H,3-4H2,1-2H3. The Morgan fingerprint density at radius 1 is 1.20 bits per heavy atom. The molecule has 0 saturated heterocycles. The summed E-state index contributed by atoms with van der Waals surface area (Å²) < 4.78 is 11.2. The summed E-state index contributed by atoms with van der Waals surface area (Å²) in [6.45, 7) is 0. The molecule has 1 aliphatic rings. The van der Waals surface area contributed by atoms with Crippen LogP contribution in [0.3, 0.4) is 0 Å². The lowest BCUT2D eigenvalue weighted by atomic mass is 10.1. The average Bonchev–Trinajstić information content (AvgIpc) is 2.97. The van der Waals surface area contributed by atoms with Crippen molar-refractivity contribution in [2.24, 2.45) is 0 Å². The molecule has 1 saturated carbocycles. The molecule has 0 spiro atoms. The van der Waals surface area contributed by atoms with Crippen molar-refractivity contribution in [3.8, 4) is 11.5 Å². The number of halogens is 1. The molecule has 2 rings (SSSR count). The molecular weight excluding hydrogens is 260 g/mol. The molecule has 1 N–H and O–H groups in total. The number of hydrogen-bond acceptors (Lipinski definition) is 3. The predicted octanol–water partition coefficient (Wildman–Crippen LogP) is 2.45. The molecular formula is C11H13BrO3. The SMILES string of the molecule is COc1cc(OC)c(C2(O)CC2)cc1Br. The van der Waals surface area contributed by atoms with Crippen molar-refractivity contribution in [3.63, 3.8) is 0 Å². The maximum atomic E-state index is 10.1. The minimum atomic E-state index is -0.694. The van der Waals surface area contributed by atoms with Crippen LogP contribution in [0.2, 0.25) is 0 Å². The van der Waals surface area contributed by atoms with E-state index in [4.69, 9.17) is 9.47 Å². The highest BCUT2D eigenvalue weighted by molar-refractivity contribution is 9.10. The van der Waals surface area contributed by atoms with E-state index in [2.05, 4.69) is 15.9 Å². The highest BCUT2D eigenvalue weighted by atomic mass is 79.9. The van der Waals surface area contributed by atoms with E-state index < -0.39 is 5.60 Å². The molecule has 0 amide bonds. The quantitative estimate of drug-likeness (QED) is 0.919. The van der Waals surface area contributed by atoms with Crippen LogP contribution >= 0.6 is 15.9 Å². The summed E-state index contributed by atoms with van der Waals surface area (Å²) >= 11 is 3.40. The third-order valence-electron chi connectivity index (χ3n) is 2.70. The summed E-state index contributed by atoms with van der Waals surface area (Å²) in [6.07, 6.45) is 1.59. The molecule has 0 atom stereocenters. The number of ether oxygens (including phenoxy) is 2. The molecule has 4 heteroatoms. The van der Waals surface area contributed by atoms with Crippen LogP contribution in [0, 0.1) is 0 Å². The Hall–Kier alpha value is -0.740. The number of methoxy groups -OCH3 is 2. The van der Waals surface area contributed by atoms with Gasteiger partial charge in [0.2, 0.25) is 0 Å². The zero-order valence-corrected chi connectivity index (χ0v) is 10.3. The number of aliphatic hydroxyl groups is 1. The van der Waals surface area contributed by atoms with E-state index in [1.807, 2.05) is 6.07 Å². The molecule has 1 aromatic carbocycles. The fourth-order valence-electron chi connectivity index (χ4n) is 1.61. The van der Waals surface area contributed by atoms with E-state index in [1.165, 1.54) is 0 Å². The molecule has 0 bridgehead atoms. The van der Waals surface area contributed by atoms with Crippen LogP contribution in [0.5, 0.6) is 11.5 Å². The highest BCUT2D eigenvalue weighted by Gasteiger charge is 2.44. The minimum Gasteiger partial charge on any atom is -0.496 e. The lowest BCUT2D eigenvalue weighted by molar-refractivity contribution is 0.147. The summed E-state index contributed by atoms with van der Waals surface area (Å²) in [5.41, 5.74) is 0.137. The molecule has 1 fully saturated rings. The Labute approximate surface area is 97.1 Å². The van der Waals surface area contributed by atoms with Gasteiger partial charge in [-0.05, 0) is 34.8 Å². The van der Waals surface area contributed by atoms with Gasteiger partial charge >= 0.3 is 0 Å². The van der Waals surface area contributed by atoms with Gasteiger partial charge in [0.05, 0.1) is 24.3 Å². The van der Waals surface area contributed by atoms with Crippen LogP contribution in [0.25, 0.3) is 0 Å². The summed E-state index contributed by atoms with van der Waals surface area (Å²) in [5.74, 6) is 1.38. The van der Waals surface area contributed by atoms with Gasteiger partial charge in [-0.2, -0.15) is 0 Å². The van der Waals surface area contributed by atoms with Crippen molar-refractivity contribution in [1.29, 1.82) is 0 Å². The monoisotopic (exact) mass is 272 g/mol. The number of rotatable bonds is 3. The van der Waals surface area contributed by atoms with Crippen LogP contribution in [-0.4, -0.2) is 19.3 Å². The van der Waals surface area contributed by atoms with Crippen LogP contribution in [-0.2, 0) is 5.60 Å². The normalized spacial score (nSPS) is 17.3. The molecule has 0 radical (unpaired) electrons. The molecule has 15 heavy (non-hydrogen) atoms. The Balaban J connectivity index is 2.50. The zero-order chi connectivity index (χ0) is 11.1. The van der Waals surface area contributed by atoms with E-state index in [0.717, 1.165) is 22.9 Å². The van der Waals surface area contributed by atoms with Crippen LogP contribution in [0.15, 0.2) is 16.6 Å². The van der Waals surface area contributed by atoms with Crippen molar-refractivity contribution in [2.45, 2.75) is 18.4 Å². The van der Waals surface area contributed by atoms with Gasteiger partial charge < -0.3 is 14.6 Å². The minimum absolute atomic E-state index is 0.676. The van der Waals surface area contributed by atoms with Gasteiger partial charge in [-0.3, -0.25) is 0 Å². The lowest BCUT2D eigenvalue weighted by Gasteiger charge is -2.15. The fourth-order valence-corrected chi connectivity index (χ4v) is 2.12. The van der Waals surface area contributed by atoms with Crippen molar-refractivity contribution in [3.05, 3.63) is 22.2 Å². The number of benzene rings is 1. The highest BCUT2D eigenvalue weighted by Crippen LogP contribution is 2.50. The topological polar surface area (TPSA) is 38.7 Å². The van der Waals surface area contributed by atoms with E-state index >= 15 is 0 Å². The van der Waals surface area contributed by atoms with E-state index in [1.54, 1.807) is 20.3 Å². The second kappa shape index (κ2) is 3.68. The van der Waals surface area contributed by atoms with Crippen molar-refractivity contribution in [2.75, 3.05) is 14.2 Å². The fraction of sp³-hybridized carbons (Fsp3) is 0.455. The second-order valence-electron chi connectivity index (χ2n) is 3.72. The third kappa shape index (κ3) is 1.84. The Kier molecular flexibility index (Phi) is 2.64. The molecule has 0 aromatic heterocycles. The van der Waals surface area contributed by atoms with E-state index in [-0.39, 0.29) is 0 Å². The predicted molar refractivity (Wildman–Crippen MR) is 60.4 cm³/mol. The van der Waals surface area contributed by atoms with Crippen molar-refractivity contribution < 1.29 is 14.6 Å². The van der Waals surface area contributed by atoms with Gasteiger partial charge in [-0.15, -0.1) is 0 Å². The summed E-state index contributed by atoms with van der Waals surface area (Å²) in [6, 6.07) is 3.65. The van der Waals surface area contributed by atoms with Crippen LogP contribution < -0.4 is 9.47 Å². The lowest BCUT2D eigenvalue weighted by Crippen LogP contribution is -2.07. The van der Waals surface area contributed by atoms with E-state index in [9.17, 15) is 5.11 Å². The largest absolute Gasteiger partial charge is 0.496 e. The summed E-state index contributed by atoms with van der Waals surface area (Å²) in [5, 5.41) is 10.1. The first-order valence-electron chi connectivity index (χ1n) is 4.75. The van der Waals surface area contributed by atoms with Crippen molar-refractivity contribution in [1.82, 2.24) is 0 Å². The average molecular weight is 273 g/mol. The molecule has 0 unspecified atom stereocenters. The first-order chi connectivity index (χ1) is 7.10. The Bertz CT molecular complexity index is 386. The van der Waals surface area contributed by atoms with Gasteiger partial charge in [0.1, 0.15) is 11.5 Å². The Morgan fingerprint density at radius 2 is 1.80 bits per heavy atom. The van der Waals surface area contributed by atoms with Gasteiger partial charge in [0.25, 0.3) is 0 Å². The smallest absolute Gasteiger partial charge is 0.136 e. The molecule has 1 aliphatic carbocycles. The third-order valence-corrected chi connectivity index (χ3v) is 3.32. The maximum absolute atomic E-state index is 10.1. The Morgan fingerprint density at radius 3 is 2.27 bits per heavy atom. The molecule has 3 nitrogen and oxygen atoms in total. The molecule has 1 aromatic rings. The zero-order valence-electron chi connectivity index (χ0n) is 8.71.